The highest BCUT2D eigenvalue weighted by atomic mass is 16.5. The third kappa shape index (κ3) is 5.30. The number of ether oxygens (including phenoxy) is 1. The molecule has 1 amide bonds. The van der Waals surface area contributed by atoms with Gasteiger partial charge in [-0.2, -0.15) is 0 Å². The number of aliphatic carboxylic acids is 1. The lowest BCUT2D eigenvalue weighted by molar-refractivity contribution is -0.151. The van der Waals surface area contributed by atoms with Crippen molar-refractivity contribution < 1.29 is 24.5 Å². The van der Waals surface area contributed by atoms with E-state index in [2.05, 4.69) is 20.7 Å². The molecule has 0 radical (unpaired) electrons. The molecule has 0 saturated heterocycles. The zero-order valence-corrected chi connectivity index (χ0v) is 17.9. The van der Waals surface area contributed by atoms with Crippen molar-refractivity contribution in [1.82, 2.24) is 20.7 Å². The zero-order chi connectivity index (χ0) is 23.1. The minimum absolute atomic E-state index is 0.0421. The number of carboxylic acid groups (broad SMARTS) is 1. The molecule has 0 unspecified atom stereocenters. The monoisotopic (exact) mass is 438 g/mol. The van der Waals surface area contributed by atoms with Gasteiger partial charge in [-0.25, -0.2) is 0 Å². The Hall–Kier alpha value is -3.72. The molecule has 0 bridgehead atoms. The van der Waals surface area contributed by atoms with Crippen LogP contribution in [0, 0.1) is 5.41 Å². The van der Waals surface area contributed by atoms with Crippen molar-refractivity contribution in [2.75, 3.05) is 13.7 Å². The molecule has 0 spiro atoms. The van der Waals surface area contributed by atoms with E-state index < -0.39 is 29.9 Å². The molecule has 1 aromatic heterocycles. The van der Waals surface area contributed by atoms with Crippen LogP contribution in [0.4, 0.5) is 0 Å². The standard InChI is InChI=1S/C23H26N4O5/c1-23(14-28,22(30)31)12-17(25-21(29)19-13-24-27-26-19)11-15-7-9-16(10-8-15)18-5-3-4-6-20(18)32-2/h3-10,13,17,28H,11-12,14H2,1-2H3,(H,25,29)(H,30,31)(H,24,26,27)/t17-,23+/m1/s1. The van der Waals surface area contributed by atoms with E-state index in [1.807, 2.05) is 48.5 Å². The normalized spacial score (nSPS) is 13.7. The Labute approximate surface area is 185 Å². The highest BCUT2D eigenvalue weighted by Crippen LogP contribution is 2.30. The van der Waals surface area contributed by atoms with Gasteiger partial charge in [-0.3, -0.25) is 14.7 Å². The summed E-state index contributed by atoms with van der Waals surface area (Å²) < 4.78 is 5.42. The summed E-state index contributed by atoms with van der Waals surface area (Å²) in [4.78, 5) is 24.2. The minimum Gasteiger partial charge on any atom is -0.496 e. The third-order valence-corrected chi connectivity index (χ3v) is 5.41. The third-order valence-electron chi connectivity index (χ3n) is 5.41. The van der Waals surface area contributed by atoms with Crippen LogP contribution in [0.5, 0.6) is 5.75 Å². The SMILES string of the molecule is COc1ccccc1-c1ccc(C[C@H](C[C@@](C)(CO)C(=O)O)NC(=O)c2cnn[nH]2)cc1. The second kappa shape index (κ2) is 10.1. The van der Waals surface area contributed by atoms with E-state index in [-0.39, 0.29) is 12.1 Å². The van der Waals surface area contributed by atoms with Crippen LogP contribution >= 0.6 is 0 Å². The molecule has 1 heterocycles. The molecule has 2 atom stereocenters. The number of nitrogens with zero attached hydrogens (tertiary/aromatic N) is 2. The predicted molar refractivity (Wildman–Crippen MR) is 117 cm³/mol. The number of aromatic nitrogens is 3. The van der Waals surface area contributed by atoms with Crippen LogP contribution in [0.3, 0.4) is 0 Å². The molecule has 3 aromatic rings. The Morgan fingerprint density at radius 2 is 1.91 bits per heavy atom. The zero-order valence-electron chi connectivity index (χ0n) is 17.9. The number of carbonyl (C=O) groups is 2. The van der Waals surface area contributed by atoms with Gasteiger partial charge in [-0.05, 0) is 37.0 Å². The number of aliphatic hydroxyl groups excluding tert-OH is 1. The number of rotatable bonds is 10. The van der Waals surface area contributed by atoms with E-state index >= 15 is 0 Å². The summed E-state index contributed by atoms with van der Waals surface area (Å²) in [5.74, 6) is -0.816. The Morgan fingerprint density at radius 1 is 1.19 bits per heavy atom. The summed E-state index contributed by atoms with van der Waals surface area (Å²) in [5, 5.41) is 31.7. The van der Waals surface area contributed by atoms with E-state index in [0.29, 0.717) is 6.42 Å². The lowest BCUT2D eigenvalue weighted by Gasteiger charge is -2.28. The number of aromatic amines is 1. The second-order valence-corrected chi connectivity index (χ2v) is 7.87. The quantitative estimate of drug-likeness (QED) is 0.381. The number of nitrogens with one attached hydrogen (secondary N) is 2. The van der Waals surface area contributed by atoms with Gasteiger partial charge in [0.25, 0.3) is 5.91 Å². The molecule has 9 nitrogen and oxygen atoms in total. The van der Waals surface area contributed by atoms with Crippen LogP contribution in [0.1, 0.15) is 29.4 Å². The smallest absolute Gasteiger partial charge is 0.311 e. The highest BCUT2D eigenvalue weighted by molar-refractivity contribution is 5.92. The summed E-state index contributed by atoms with van der Waals surface area (Å²) in [6, 6.07) is 14.9. The molecule has 0 saturated carbocycles. The van der Waals surface area contributed by atoms with Gasteiger partial charge in [-0.1, -0.05) is 47.7 Å². The van der Waals surface area contributed by atoms with Gasteiger partial charge in [0.05, 0.1) is 25.3 Å². The lowest BCUT2D eigenvalue weighted by atomic mass is 9.82. The van der Waals surface area contributed by atoms with Crippen LogP contribution in [0.15, 0.2) is 54.7 Å². The molecule has 0 fully saturated rings. The van der Waals surface area contributed by atoms with Crippen molar-refractivity contribution in [2.24, 2.45) is 5.41 Å². The topological polar surface area (TPSA) is 137 Å². The maximum atomic E-state index is 12.5. The van der Waals surface area contributed by atoms with Gasteiger partial charge >= 0.3 is 5.97 Å². The van der Waals surface area contributed by atoms with Crippen LogP contribution in [-0.2, 0) is 11.2 Å². The predicted octanol–water partition coefficient (Wildman–Crippen LogP) is 2.29. The van der Waals surface area contributed by atoms with Gasteiger partial charge in [0, 0.05) is 11.6 Å². The van der Waals surface area contributed by atoms with Crippen molar-refractivity contribution in [3.63, 3.8) is 0 Å². The lowest BCUT2D eigenvalue weighted by Crippen LogP contribution is -2.44. The summed E-state index contributed by atoms with van der Waals surface area (Å²) >= 11 is 0. The Morgan fingerprint density at radius 3 is 2.50 bits per heavy atom. The van der Waals surface area contributed by atoms with Gasteiger partial charge in [0.1, 0.15) is 11.4 Å². The number of carboxylic acids is 1. The van der Waals surface area contributed by atoms with Crippen molar-refractivity contribution in [2.45, 2.75) is 25.8 Å². The number of carbonyl (C=O) groups excluding carboxylic acids is 1. The van der Waals surface area contributed by atoms with E-state index in [9.17, 15) is 19.8 Å². The van der Waals surface area contributed by atoms with Crippen molar-refractivity contribution in [1.29, 1.82) is 0 Å². The fourth-order valence-corrected chi connectivity index (χ4v) is 3.50. The van der Waals surface area contributed by atoms with E-state index in [1.54, 1.807) is 7.11 Å². The Balaban J connectivity index is 1.81. The average Bonchev–Trinajstić information content (AvgIpc) is 3.34. The molecule has 0 aliphatic carbocycles. The highest BCUT2D eigenvalue weighted by Gasteiger charge is 2.36. The van der Waals surface area contributed by atoms with E-state index in [0.717, 1.165) is 22.4 Å². The Kier molecular flexibility index (Phi) is 7.21. The van der Waals surface area contributed by atoms with Crippen LogP contribution in [0.25, 0.3) is 11.1 Å². The fraction of sp³-hybridized carbons (Fsp3) is 0.304. The van der Waals surface area contributed by atoms with Crippen LogP contribution in [0.2, 0.25) is 0 Å². The molecule has 0 aliphatic rings. The molecule has 0 aliphatic heterocycles. The number of H-pyrrole nitrogens is 1. The van der Waals surface area contributed by atoms with Crippen molar-refractivity contribution in [3.05, 3.63) is 66.0 Å². The Bertz CT molecular complexity index is 1050. The summed E-state index contributed by atoms with van der Waals surface area (Å²) in [6.07, 6.45) is 1.71. The number of hydrogen-bond donors (Lipinski definition) is 4. The summed E-state index contributed by atoms with van der Waals surface area (Å²) in [7, 11) is 1.62. The number of hydrogen-bond acceptors (Lipinski definition) is 6. The van der Waals surface area contributed by atoms with Gasteiger partial charge < -0.3 is 20.3 Å². The maximum absolute atomic E-state index is 12.5. The fourth-order valence-electron chi connectivity index (χ4n) is 3.50. The molecule has 168 valence electrons. The van der Waals surface area contributed by atoms with E-state index in [4.69, 9.17) is 4.74 Å². The largest absolute Gasteiger partial charge is 0.496 e. The first-order valence-electron chi connectivity index (χ1n) is 10.1. The summed E-state index contributed by atoms with van der Waals surface area (Å²) in [6.45, 7) is 0.907. The number of benzene rings is 2. The maximum Gasteiger partial charge on any atom is 0.311 e. The minimum atomic E-state index is -1.40. The van der Waals surface area contributed by atoms with Crippen LogP contribution in [-0.4, -0.2) is 57.3 Å². The van der Waals surface area contributed by atoms with Gasteiger partial charge in [-0.15, -0.1) is 5.10 Å². The molecule has 2 aromatic carbocycles. The number of methoxy groups -OCH3 is 1. The first kappa shape index (κ1) is 23.0. The molecule has 9 heteroatoms. The molecule has 3 rings (SSSR count). The number of para-hydroxylation sites is 1. The van der Waals surface area contributed by atoms with Crippen molar-refractivity contribution >= 4 is 11.9 Å². The van der Waals surface area contributed by atoms with Crippen LogP contribution < -0.4 is 10.1 Å². The summed E-state index contributed by atoms with van der Waals surface area (Å²) in [5.41, 5.74) is 1.60. The number of amides is 1. The van der Waals surface area contributed by atoms with E-state index in [1.165, 1.54) is 13.1 Å². The second-order valence-electron chi connectivity index (χ2n) is 7.87. The van der Waals surface area contributed by atoms with Crippen molar-refractivity contribution in [3.8, 4) is 16.9 Å². The molecular formula is C23H26N4O5. The molecular weight excluding hydrogens is 412 g/mol. The average molecular weight is 438 g/mol. The number of aliphatic hydroxyl groups is 1. The van der Waals surface area contributed by atoms with Gasteiger partial charge in [0.2, 0.25) is 0 Å². The first-order valence-corrected chi connectivity index (χ1v) is 10.1. The van der Waals surface area contributed by atoms with Gasteiger partial charge in [0.15, 0.2) is 0 Å². The molecule has 4 N–H and O–H groups in total. The molecule has 32 heavy (non-hydrogen) atoms. The first-order chi connectivity index (χ1) is 15.4.